The third-order valence-electron chi connectivity index (χ3n) is 5.83. The molecule has 4 nitrogen and oxygen atoms in total. The van der Waals surface area contributed by atoms with Crippen LogP contribution in [0.5, 0.6) is 0 Å². The summed E-state index contributed by atoms with van der Waals surface area (Å²) in [5.74, 6) is 1.45. The summed E-state index contributed by atoms with van der Waals surface area (Å²) in [6.45, 7) is 10.6. The van der Waals surface area contributed by atoms with Crippen LogP contribution in [0.4, 0.5) is 0 Å². The summed E-state index contributed by atoms with van der Waals surface area (Å²) in [5, 5.41) is 10.6. The first-order valence-electron chi connectivity index (χ1n) is 10.9. The monoisotopic (exact) mass is 451 g/mol. The number of hydrogen-bond acceptors (Lipinski definition) is 4. The van der Waals surface area contributed by atoms with Crippen LogP contribution in [0, 0.1) is 6.92 Å². The van der Waals surface area contributed by atoms with E-state index in [1.165, 1.54) is 20.9 Å². The van der Waals surface area contributed by atoms with Gasteiger partial charge in [-0.1, -0.05) is 63.2 Å². The molecule has 2 atom stereocenters. The molecule has 1 N–H and O–H groups in total. The quantitative estimate of drug-likeness (QED) is 0.424. The molecule has 1 heterocycles. The third kappa shape index (κ3) is 5.64. The van der Waals surface area contributed by atoms with Gasteiger partial charge in [-0.3, -0.25) is 4.79 Å². The second-order valence-electron chi connectivity index (χ2n) is 9.30. The fourth-order valence-corrected chi connectivity index (χ4v) is 4.40. The molecule has 0 saturated heterocycles. The molecule has 0 bridgehead atoms. The van der Waals surface area contributed by atoms with E-state index in [2.05, 4.69) is 45.9 Å². The zero-order chi connectivity index (χ0) is 23.5. The molecule has 0 fully saturated rings. The van der Waals surface area contributed by atoms with Gasteiger partial charge in [-0.15, -0.1) is 11.8 Å². The summed E-state index contributed by atoms with van der Waals surface area (Å²) < 4.78 is 5.87. The normalized spacial score (nSPS) is 13.6. The van der Waals surface area contributed by atoms with E-state index in [9.17, 15) is 9.90 Å². The van der Waals surface area contributed by atoms with Crippen molar-refractivity contribution in [3.05, 3.63) is 88.9 Å². The van der Waals surface area contributed by atoms with Gasteiger partial charge in [-0.05, 0) is 54.2 Å². The summed E-state index contributed by atoms with van der Waals surface area (Å²) in [4.78, 5) is 15.7. The van der Waals surface area contributed by atoms with Gasteiger partial charge in [0.05, 0.1) is 17.9 Å². The summed E-state index contributed by atoms with van der Waals surface area (Å²) >= 11 is 1.71. The van der Waals surface area contributed by atoms with Gasteiger partial charge in [0, 0.05) is 11.9 Å². The number of thioether (sulfide) groups is 1. The Hall–Kier alpha value is -2.50. The molecular formula is C27H33NO3S. The highest BCUT2D eigenvalue weighted by atomic mass is 32.2. The van der Waals surface area contributed by atoms with Crippen LogP contribution in [0.15, 0.2) is 70.0 Å². The van der Waals surface area contributed by atoms with Crippen LogP contribution >= 0.6 is 11.8 Å². The van der Waals surface area contributed by atoms with Crippen molar-refractivity contribution in [3.63, 3.8) is 0 Å². The van der Waals surface area contributed by atoms with Crippen LogP contribution in [-0.4, -0.2) is 29.0 Å². The maximum atomic E-state index is 12.9. The standard InChI is InChI=1S/C27H33NO3S/c1-18-12-13-21(27(3,4)5)16-24(18)32-17-22-14-15-23(31-22)26(30)28(6)19(2)25(29)20-10-8-7-9-11-20/h7-16,19,25,29H,17H2,1-6H3/t19-,25-/m1/s1. The molecule has 0 aliphatic heterocycles. The highest BCUT2D eigenvalue weighted by Crippen LogP contribution is 2.32. The Morgan fingerprint density at radius 1 is 1.09 bits per heavy atom. The van der Waals surface area contributed by atoms with E-state index < -0.39 is 12.1 Å². The van der Waals surface area contributed by atoms with Gasteiger partial charge >= 0.3 is 0 Å². The second kappa shape index (κ2) is 9.97. The summed E-state index contributed by atoms with van der Waals surface area (Å²) in [6.07, 6.45) is -0.770. The van der Waals surface area contributed by atoms with Crippen molar-refractivity contribution in [2.24, 2.45) is 0 Å². The second-order valence-corrected chi connectivity index (χ2v) is 10.3. The van der Waals surface area contributed by atoms with Crippen molar-refractivity contribution in [3.8, 4) is 0 Å². The average molecular weight is 452 g/mol. The molecule has 32 heavy (non-hydrogen) atoms. The number of nitrogens with zero attached hydrogens (tertiary/aromatic N) is 1. The number of carbonyl (C=O) groups is 1. The first-order chi connectivity index (χ1) is 15.1. The van der Waals surface area contributed by atoms with Gasteiger partial charge in [0.1, 0.15) is 5.76 Å². The van der Waals surface area contributed by atoms with Crippen molar-refractivity contribution in [2.45, 2.75) is 62.8 Å². The van der Waals surface area contributed by atoms with E-state index in [-0.39, 0.29) is 17.1 Å². The molecule has 2 aromatic carbocycles. The first kappa shape index (κ1) is 24.1. The molecule has 3 aromatic rings. The van der Waals surface area contributed by atoms with Gasteiger partial charge in [-0.25, -0.2) is 0 Å². The smallest absolute Gasteiger partial charge is 0.289 e. The molecule has 0 saturated carbocycles. The number of aliphatic hydroxyl groups excluding tert-OH is 1. The lowest BCUT2D eigenvalue weighted by molar-refractivity contribution is 0.0460. The topological polar surface area (TPSA) is 53.7 Å². The average Bonchev–Trinajstić information content (AvgIpc) is 3.25. The van der Waals surface area contributed by atoms with Crippen molar-refractivity contribution in [2.75, 3.05) is 7.05 Å². The predicted molar refractivity (Wildman–Crippen MR) is 131 cm³/mol. The molecule has 1 amide bonds. The molecule has 1 aromatic heterocycles. The molecule has 3 rings (SSSR count). The Bertz CT molecular complexity index is 1050. The Morgan fingerprint density at radius 2 is 1.78 bits per heavy atom. The summed E-state index contributed by atoms with van der Waals surface area (Å²) in [7, 11) is 1.69. The van der Waals surface area contributed by atoms with E-state index in [0.717, 1.165) is 11.3 Å². The van der Waals surface area contributed by atoms with Crippen molar-refractivity contribution in [1.29, 1.82) is 0 Å². The number of aliphatic hydroxyl groups is 1. The predicted octanol–water partition coefficient (Wildman–Crippen LogP) is 6.37. The Morgan fingerprint density at radius 3 is 2.44 bits per heavy atom. The van der Waals surface area contributed by atoms with Gasteiger partial charge in [0.2, 0.25) is 0 Å². The molecule has 0 radical (unpaired) electrons. The van der Waals surface area contributed by atoms with Crippen LogP contribution in [0.2, 0.25) is 0 Å². The number of likely N-dealkylation sites (N-methyl/N-ethyl adjacent to an activating group) is 1. The first-order valence-corrected chi connectivity index (χ1v) is 11.9. The van der Waals surface area contributed by atoms with Gasteiger partial charge < -0.3 is 14.4 Å². The summed E-state index contributed by atoms with van der Waals surface area (Å²) in [5.41, 5.74) is 3.41. The summed E-state index contributed by atoms with van der Waals surface area (Å²) in [6, 6.07) is 19.1. The van der Waals surface area contributed by atoms with Crippen LogP contribution in [0.25, 0.3) is 0 Å². The highest BCUT2D eigenvalue weighted by Gasteiger charge is 2.26. The number of carbonyl (C=O) groups excluding carboxylic acids is 1. The van der Waals surface area contributed by atoms with Gasteiger partial charge in [-0.2, -0.15) is 0 Å². The van der Waals surface area contributed by atoms with E-state index >= 15 is 0 Å². The fourth-order valence-electron chi connectivity index (χ4n) is 3.44. The Balaban J connectivity index is 1.66. The zero-order valence-electron chi connectivity index (χ0n) is 19.8. The molecule has 0 spiro atoms. The molecular weight excluding hydrogens is 418 g/mol. The minimum atomic E-state index is -0.770. The number of benzene rings is 2. The molecule has 0 unspecified atom stereocenters. The molecule has 170 valence electrons. The van der Waals surface area contributed by atoms with Crippen LogP contribution in [0.1, 0.15) is 66.8 Å². The number of rotatable bonds is 7. The fraction of sp³-hybridized carbons (Fsp3) is 0.370. The van der Waals surface area contributed by atoms with E-state index in [1.54, 1.807) is 24.9 Å². The highest BCUT2D eigenvalue weighted by molar-refractivity contribution is 7.98. The van der Waals surface area contributed by atoms with Crippen molar-refractivity contribution < 1.29 is 14.3 Å². The van der Waals surface area contributed by atoms with Crippen molar-refractivity contribution >= 4 is 17.7 Å². The minimum Gasteiger partial charge on any atom is -0.455 e. The largest absolute Gasteiger partial charge is 0.455 e. The van der Waals surface area contributed by atoms with Gasteiger partial charge in [0.25, 0.3) is 5.91 Å². The molecule has 0 aliphatic rings. The number of amides is 1. The number of aryl methyl sites for hydroxylation is 1. The van der Waals surface area contributed by atoms with E-state index in [0.29, 0.717) is 5.75 Å². The lowest BCUT2D eigenvalue weighted by atomic mass is 9.87. The number of furan rings is 1. The Labute approximate surface area is 195 Å². The Kier molecular flexibility index (Phi) is 7.52. The van der Waals surface area contributed by atoms with Crippen LogP contribution < -0.4 is 0 Å². The maximum Gasteiger partial charge on any atom is 0.289 e. The van der Waals surface area contributed by atoms with Gasteiger partial charge in [0.15, 0.2) is 5.76 Å². The number of hydrogen-bond donors (Lipinski definition) is 1. The molecule has 0 aliphatic carbocycles. The molecule has 5 heteroatoms. The van der Waals surface area contributed by atoms with Crippen molar-refractivity contribution in [1.82, 2.24) is 4.90 Å². The minimum absolute atomic E-state index is 0.0961. The maximum absolute atomic E-state index is 12.9. The lowest BCUT2D eigenvalue weighted by Gasteiger charge is -2.28. The third-order valence-corrected chi connectivity index (χ3v) is 7.01. The van der Waals surface area contributed by atoms with E-state index in [4.69, 9.17) is 4.42 Å². The zero-order valence-corrected chi connectivity index (χ0v) is 20.6. The lowest BCUT2D eigenvalue weighted by Crippen LogP contribution is -2.38. The van der Waals surface area contributed by atoms with Crippen LogP contribution in [0.3, 0.4) is 0 Å². The SMILES string of the molecule is Cc1ccc(C(C)(C)C)cc1SCc1ccc(C(=O)N(C)[C@H](C)[C@@H](O)c2ccccc2)o1. The van der Waals surface area contributed by atoms with Crippen LogP contribution in [-0.2, 0) is 11.2 Å². The van der Waals surface area contributed by atoms with E-state index in [1.807, 2.05) is 43.3 Å².